The fourth-order valence-electron chi connectivity index (χ4n) is 2.07. The molecule has 2 atom stereocenters. The number of esters is 1. The molecule has 1 saturated heterocycles. The molecular weight excluding hydrogens is 278 g/mol. The number of aliphatic carboxylic acids is 1. The lowest BCUT2D eigenvalue weighted by Gasteiger charge is -2.36. The van der Waals surface area contributed by atoms with Gasteiger partial charge in [0.2, 0.25) is 0 Å². The molecule has 0 aromatic rings. The van der Waals surface area contributed by atoms with Crippen molar-refractivity contribution >= 4 is 18.0 Å². The zero-order valence-corrected chi connectivity index (χ0v) is 12.7. The van der Waals surface area contributed by atoms with Crippen LogP contribution in [0, 0.1) is 0 Å². The average Bonchev–Trinajstić information content (AvgIpc) is 2.46. The molecule has 1 aliphatic rings. The van der Waals surface area contributed by atoms with E-state index in [-0.39, 0.29) is 12.6 Å². The van der Waals surface area contributed by atoms with E-state index in [1.165, 1.54) is 0 Å². The Labute approximate surface area is 124 Å². The summed E-state index contributed by atoms with van der Waals surface area (Å²) in [5.41, 5.74) is 0. The first-order valence-corrected chi connectivity index (χ1v) is 7.05. The molecule has 0 aliphatic carbocycles. The highest BCUT2D eigenvalue weighted by Crippen LogP contribution is 2.07. The number of urea groups is 1. The lowest BCUT2D eigenvalue weighted by Crippen LogP contribution is -2.56. The van der Waals surface area contributed by atoms with Gasteiger partial charge in [-0.2, -0.15) is 0 Å². The summed E-state index contributed by atoms with van der Waals surface area (Å²) in [7, 11) is 0. The molecule has 0 bridgehead atoms. The molecule has 2 unspecified atom stereocenters. The maximum Gasteiger partial charge on any atom is 0.328 e. The lowest BCUT2D eigenvalue weighted by molar-refractivity contribution is -0.145. The second kappa shape index (κ2) is 7.82. The summed E-state index contributed by atoms with van der Waals surface area (Å²) in [6.45, 7) is 7.01. The summed E-state index contributed by atoms with van der Waals surface area (Å²) >= 11 is 0. The predicted molar refractivity (Wildman–Crippen MR) is 74.9 cm³/mol. The third kappa shape index (κ3) is 4.89. The first-order valence-electron chi connectivity index (χ1n) is 7.05. The zero-order chi connectivity index (χ0) is 16.0. The number of carbonyl (C=O) groups excluding carboxylic acids is 2. The van der Waals surface area contributed by atoms with Gasteiger partial charge in [-0.25, -0.2) is 9.59 Å². The topological polar surface area (TPSA) is 99.2 Å². The van der Waals surface area contributed by atoms with Crippen LogP contribution in [0.25, 0.3) is 0 Å². The molecule has 1 fully saturated rings. The van der Waals surface area contributed by atoms with Crippen LogP contribution < -0.4 is 5.32 Å². The Morgan fingerprint density at radius 2 is 1.76 bits per heavy atom. The van der Waals surface area contributed by atoms with Gasteiger partial charge in [0.1, 0.15) is 12.1 Å². The van der Waals surface area contributed by atoms with Crippen LogP contribution in [0.15, 0.2) is 0 Å². The Balaban J connectivity index is 2.41. The minimum atomic E-state index is -0.871. The minimum absolute atomic E-state index is 0.269. The molecule has 1 rings (SSSR count). The number of rotatable bonds is 5. The molecule has 2 amide bonds. The first kappa shape index (κ1) is 17.2. The number of carboxylic acid groups (broad SMARTS) is 1. The standard InChI is InChI=1S/C13H23N3O5/c1-4-21-12(19)9(2)14-13(20)16-7-5-15(6-8-16)10(3)11(17)18/h9-10H,4-8H2,1-3H3,(H,14,20)(H,17,18). The van der Waals surface area contributed by atoms with Crippen molar-refractivity contribution in [1.29, 1.82) is 0 Å². The van der Waals surface area contributed by atoms with E-state index in [2.05, 4.69) is 5.32 Å². The molecule has 0 aromatic carbocycles. The minimum Gasteiger partial charge on any atom is -0.480 e. The molecule has 8 heteroatoms. The van der Waals surface area contributed by atoms with Crippen molar-refractivity contribution in [2.75, 3.05) is 32.8 Å². The molecule has 0 spiro atoms. The smallest absolute Gasteiger partial charge is 0.328 e. The number of hydrogen-bond donors (Lipinski definition) is 2. The molecule has 120 valence electrons. The van der Waals surface area contributed by atoms with Crippen molar-refractivity contribution in [2.24, 2.45) is 0 Å². The lowest BCUT2D eigenvalue weighted by atomic mass is 10.2. The number of piperazine rings is 1. The summed E-state index contributed by atoms with van der Waals surface area (Å²) in [5, 5.41) is 11.5. The molecule has 0 saturated carbocycles. The highest BCUT2D eigenvalue weighted by molar-refractivity contribution is 5.83. The summed E-state index contributed by atoms with van der Waals surface area (Å²) in [6.07, 6.45) is 0. The van der Waals surface area contributed by atoms with E-state index < -0.39 is 24.0 Å². The van der Waals surface area contributed by atoms with Gasteiger partial charge in [0.05, 0.1) is 6.61 Å². The molecular formula is C13H23N3O5. The van der Waals surface area contributed by atoms with Crippen molar-refractivity contribution in [1.82, 2.24) is 15.1 Å². The Morgan fingerprint density at radius 1 is 1.19 bits per heavy atom. The molecule has 21 heavy (non-hydrogen) atoms. The Morgan fingerprint density at radius 3 is 2.24 bits per heavy atom. The fraction of sp³-hybridized carbons (Fsp3) is 0.769. The summed E-state index contributed by atoms with van der Waals surface area (Å²) < 4.78 is 4.82. The van der Waals surface area contributed by atoms with E-state index in [4.69, 9.17) is 9.84 Å². The number of nitrogens with zero attached hydrogens (tertiary/aromatic N) is 2. The number of carbonyl (C=O) groups is 3. The normalized spacial score (nSPS) is 18.7. The highest BCUT2D eigenvalue weighted by atomic mass is 16.5. The van der Waals surface area contributed by atoms with Crippen molar-refractivity contribution in [3.63, 3.8) is 0 Å². The second-order valence-electron chi connectivity index (χ2n) is 4.96. The number of amides is 2. The van der Waals surface area contributed by atoms with E-state index in [0.29, 0.717) is 26.2 Å². The van der Waals surface area contributed by atoms with Crippen LogP contribution in [-0.4, -0.2) is 77.7 Å². The fourth-order valence-corrected chi connectivity index (χ4v) is 2.07. The van der Waals surface area contributed by atoms with Gasteiger partial charge in [-0.3, -0.25) is 9.69 Å². The van der Waals surface area contributed by atoms with Crippen molar-refractivity contribution in [2.45, 2.75) is 32.9 Å². The maximum atomic E-state index is 12.0. The molecule has 1 heterocycles. The molecule has 2 N–H and O–H groups in total. The number of nitrogens with one attached hydrogen (secondary N) is 1. The number of ether oxygens (including phenoxy) is 1. The Kier molecular flexibility index (Phi) is 6.41. The molecule has 1 aliphatic heterocycles. The van der Waals surface area contributed by atoms with Gasteiger partial charge < -0.3 is 20.1 Å². The van der Waals surface area contributed by atoms with Gasteiger partial charge >= 0.3 is 18.0 Å². The van der Waals surface area contributed by atoms with Crippen LogP contribution in [0.3, 0.4) is 0 Å². The Hall–Kier alpha value is -1.83. The van der Waals surface area contributed by atoms with Crippen LogP contribution in [0.4, 0.5) is 4.79 Å². The van der Waals surface area contributed by atoms with Gasteiger partial charge in [0.25, 0.3) is 0 Å². The van der Waals surface area contributed by atoms with Crippen LogP contribution in [0.5, 0.6) is 0 Å². The largest absolute Gasteiger partial charge is 0.480 e. The van der Waals surface area contributed by atoms with Crippen LogP contribution in [0.1, 0.15) is 20.8 Å². The average molecular weight is 301 g/mol. The monoisotopic (exact) mass is 301 g/mol. The van der Waals surface area contributed by atoms with Crippen LogP contribution in [-0.2, 0) is 14.3 Å². The van der Waals surface area contributed by atoms with Gasteiger partial charge in [0, 0.05) is 26.2 Å². The van der Waals surface area contributed by atoms with Gasteiger partial charge in [-0.05, 0) is 20.8 Å². The van der Waals surface area contributed by atoms with E-state index in [0.717, 1.165) is 0 Å². The van der Waals surface area contributed by atoms with Crippen molar-refractivity contribution < 1.29 is 24.2 Å². The van der Waals surface area contributed by atoms with Crippen molar-refractivity contribution in [3.8, 4) is 0 Å². The summed E-state index contributed by atoms with van der Waals surface area (Å²) in [5.74, 6) is -1.34. The summed E-state index contributed by atoms with van der Waals surface area (Å²) in [6, 6.07) is -1.60. The van der Waals surface area contributed by atoms with E-state index in [9.17, 15) is 14.4 Å². The number of carboxylic acids is 1. The van der Waals surface area contributed by atoms with E-state index in [1.54, 1.807) is 30.6 Å². The predicted octanol–water partition coefficient (Wildman–Crippen LogP) is -0.262. The van der Waals surface area contributed by atoms with Gasteiger partial charge in [-0.15, -0.1) is 0 Å². The first-order chi connectivity index (χ1) is 9.86. The number of hydrogen-bond acceptors (Lipinski definition) is 5. The quantitative estimate of drug-likeness (QED) is 0.679. The van der Waals surface area contributed by atoms with Gasteiger partial charge in [-0.1, -0.05) is 0 Å². The second-order valence-corrected chi connectivity index (χ2v) is 4.96. The highest BCUT2D eigenvalue weighted by Gasteiger charge is 2.28. The molecule has 0 radical (unpaired) electrons. The van der Waals surface area contributed by atoms with E-state index >= 15 is 0 Å². The van der Waals surface area contributed by atoms with Crippen molar-refractivity contribution in [3.05, 3.63) is 0 Å². The Bertz CT molecular complexity index is 393. The van der Waals surface area contributed by atoms with Crippen LogP contribution in [0.2, 0.25) is 0 Å². The van der Waals surface area contributed by atoms with Gasteiger partial charge in [0.15, 0.2) is 0 Å². The van der Waals surface area contributed by atoms with E-state index in [1.807, 2.05) is 0 Å². The maximum absolute atomic E-state index is 12.0. The zero-order valence-electron chi connectivity index (χ0n) is 12.7. The van der Waals surface area contributed by atoms with Crippen LogP contribution >= 0.6 is 0 Å². The third-order valence-corrected chi connectivity index (χ3v) is 3.49. The third-order valence-electron chi connectivity index (χ3n) is 3.49. The summed E-state index contributed by atoms with van der Waals surface area (Å²) in [4.78, 5) is 37.7. The molecule has 0 aromatic heterocycles. The SMILES string of the molecule is CCOC(=O)C(C)NC(=O)N1CCN(C(C)C(=O)O)CC1. The molecule has 8 nitrogen and oxygen atoms in total.